The normalized spacial score (nSPS) is 19.3. The zero-order chi connectivity index (χ0) is 8.10. The molecule has 0 nitrogen and oxygen atoms in total. The van der Waals surface area contributed by atoms with Gasteiger partial charge in [0.05, 0.1) is 0 Å². The fourth-order valence-corrected chi connectivity index (χ4v) is 10.9. The summed E-state index contributed by atoms with van der Waals surface area (Å²) in [5.74, 6) is 1.04. The molecular formula is C10H19In. The van der Waals surface area contributed by atoms with Crippen LogP contribution in [0.4, 0.5) is 0 Å². The molecule has 0 amide bonds. The van der Waals surface area contributed by atoms with E-state index in [0.29, 0.717) is 0 Å². The van der Waals surface area contributed by atoms with E-state index in [9.17, 15) is 0 Å². The van der Waals surface area contributed by atoms with Gasteiger partial charge in [0.25, 0.3) is 0 Å². The van der Waals surface area contributed by atoms with E-state index in [1.165, 1.54) is 12.8 Å². The van der Waals surface area contributed by atoms with Crippen molar-refractivity contribution in [2.24, 2.45) is 5.92 Å². The molecule has 0 aromatic carbocycles. The molecule has 0 radical (unpaired) electrons. The van der Waals surface area contributed by atoms with Gasteiger partial charge < -0.3 is 0 Å². The van der Waals surface area contributed by atoms with Crippen LogP contribution < -0.4 is 0 Å². The zero-order valence-corrected chi connectivity index (χ0v) is 11.1. The van der Waals surface area contributed by atoms with Crippen LogP contribution in [-0.4, -0.2) is 21.4 Å². The van der Waals surface area contributed by atoms with Crippen molar-refractivity contribution >= 4 is 21.4 Å². The molecule has 0 aromatic heterocycles. The molecule has 0 saturated heterocycles. The fourth-order valence-electron chi connectivity index (χ4n) is 2.05. The molecule has 1 unspecified atom stereocenters. The topological polar surface area (TPSA) is 0 Å². The van der Waals surface area contributed by atoms with Crippen molar-refractivity contribution in [3.05, 3.63) is 12.2 Å². The molecule has 0 saturated carbocycles. The minimum absolute atomic E-state index is 0.929. The molecule has 1 atom stereocenters. The monoisotopic (exact) mass is 254 g/mol. The van der Waals surface area contributed by atoms with Crippen LogP contribution in [0.25, 0.3) is 0 Å². The summed E-state index contributed by atoms with van der Waals surface area (Å²) in [6.07, 6.45) is 7.71. The van der Waals surface area contributed by atoms with E-state index in [0.717, 1.165) is 5.92 Å². The molecule has 1 rings (SSSR count). The van der Waals surface area contributed by atoms with Crippen molar-refractivity contribution in [3.63, 3.8) is 0 Å². The second-order valence-corrected chi connectivity index (χ2v) is 12.9. The summed E-state index contributed by atoms with van der Waals surface area (Å²) in [5.41, 5.74) is 0. The van der Waals surface area contributed by atoms with Gasteiger partial charge in [0.15, 0.2) is 0 Å². The Balaban J connectivity index is 2.09. The van der Waals surface area contributed by atoms with Gasteiger partial charge in [0.2, 0.25) is 0 Å². The summed E-state index contributed by atoms with van der Waals surface area (Å²) in [6.45, 7) is 4.75. The summed E-state index contributed by atoms with van der Waals surface area (Å²) in [6, 6.07) is 0. The van der Waals surface area contributed by atoms with Crippen molar-refractivity contribution in [2.45, 2.75) is 39.2 Å². The average molecular weight is 254 g/mol. The van der Waals surface area contributed by atoms with Crippen LogP contribution in [0.2, 0.25) is 12.5 Å². The maximum atomic E-state index is 2.44. The zero-order valence-electron chi connectivity index (χ0n) is 7.84. The second kappa shape index (κ2) is 5.29. The van der Waals surface area contributed by atoms with Crippen molar-refractivity contribution < 1.29 is 0 Å². The summed E-state index contributed by atoms with van der Waals surface area (Å²) in [7, 11) is 0. The van der Waals surface area contributed by atoms with Crippen LogP contribution in [0, 0.1) is 5.92 Å². The van der Waals surface area contributed by atoms with Gasteiger partial charge in [0, 0.05) is 0 Å². The van der Waals surface area contributed by atoms with Crippen LogP contribution in [0.3, 0.4) is 0 Å². The van der Waals surface area contributed by atoms with E-state index in [1.807, 2.05) is 0 Å². The first-order valence-electron chi connectivity index (χ1n) is 4.98. The minimum atomic E-state index is -0.929. The van der Waals surface area contributed by atoms with Crippen molar-refractivity contribution in [3.8, 4) is 0 Å². The maximum absolute atomic E-state index is 2.44. The van der Waals surface area contributed by atoms with E-state index in [1.54, 1.807) is 12.5 Å². The predicted octanol–water partition coefficient (Wildman–Crippen LogP) is 3.49. The van der Waals surface area contributed by atoms with Crippen LogP contribution in [0.1, 0.15) is 26.7 Å². The van der Waals surface area contributed by atoms with Gasteiger partial charge in [-0.15, -0.1) is 0 Å². The average Bonchev–Trinajstić information content (AvgIpc) is 2.40. The van der Waals surface area contributed by atoms with Gasteiger partial charge in [-0.1, -0.05) is 0 Å². The number of hydrogen-bond acceptors (Lipinski definition) is 0. The standard InChI is InChI=1S/C6H13.C4H6.In/c1-4-5-6(2)3;1-3-4-2;/h6H,2,4-5H2,1,3H3;3-4H,1-2H2;. The van der Waals surface area contributed by atoms with E-state index in [2.05, 4.69) is 26.0 Å². The third-order valence-corrected chi connectivity index (χ3v) is 12.2. The van der Waals surface area contributed by atoms with Gasteiger partial charge in [-0.25, -0.2) is 0 Å². The van der Waals surface area contributed by atoms with Gasteiger partial charge in [-0.3, -0.25) is 0 Å². The molecule has 1 aliphatic rings. The van der Waals surface area contributed by atoms with Crippen molar-refractivity contribution in [1.82, 2.24) is 0 Å². The van der Waals surface area contributed by atoms with Gasteiger partial charge >= 0.3 is 78.7 Å². The van der Waals surface area contributed by atoms with Gasteiger partial charge in [0.1, 0.15) is 0 Å². The van der Waals surface area contributed by atoms with Crippen molar-refractivity contribution in [2.75, 3.05) is 0 Å². The molecule has 62 valence electrons. The first-order chi connectivity index (χ1) is 5.33. The molecule has 0 bridgehead atoms. The Labute approximate surface area is 78.6 Å². The Kier molecular flexibility index (Phi) is 4.66. The SMILES string of the molecule is CCCC(C)[CH2][In]1[CH2]C=C[CH2]1. The van der Waals surface area contributed by atoms with E-state index < -0.39 is 21.4 Å². The summed E-state index contributed by atoms with van der Waals surface area (Å²) >= 11 is -0.929. The van der Waals surface area contributed by atoms with E-state index in [4.69, 9.17) is 0 Å². The van der Waals surface area contributed by atoms with Crippen molar-refractivity contribution in [1.29, 1.82) is 0 Å². The Morgan fingerprint density at radius 1 is 1.36 bits per heavy atom. The molecule has 0 aromatic rings. The first-order valence-corrected chi connectivity index (χ1v) is 12.0. The third-order valence-electron chi connectivity index (χ3n) is 2.62. The summed E-state index contributed by atoms with van der Waals surface area (Å²) < 4.78 is 4.76. The Morgan fingerprint density at radius 2 is 2.00 bits per heavy atom. The summed E-state index contributed by atoms with van der Waals surface area (Å²) in [5, 5.41) is 0. The van der Waals surface area contributed by atoms with Gasteiger partial charge in [-0.2, -0.15) is 0 Å². The molecule has 0 fully saturated rings. The first kappa shape index (κ1) is 9.70. The van der Waals surface area contributed by atoms with Crippen LogP contribution in [0.15, 0.2) is 12.2 Å². The quantitative estimate of drug-likeness (QED) is 0.673. The number of rotatable bonds is 4. The van der Waals surface area contributed by atoms with E-state index >= 15 is 0 Å². The molecular weight excluding hydrogens is 235 g/mol. The van der Waals surface area contributed by atoms with Gasteiger partial charge in [-0.05, 0) is 0 Å². The number of hydrogen-bond donors (Lipinski definition) is 0. The third kappa shape index (κ3) is 3.68. The predicted molar refractivity (Wildman–Crippen MR) is 53.4 cm³/mol. The Hall–Kier alpha value is 0.610. The molecule has 11 heavy (non-hydrogen) atoms. The molecule has 0 spiro atoms. The number of allylic oxidation sites excluding steroid dienone is 2. The Bertz CT molecular complexity index is 121. The summed E-state index contributed by atoms with van der Waals surface area (Å²) in [4.78, 5) is 0. The molecule has 1 aliphatic heterocycles. The van der Waals surface area contributed by atoms with Crippen LogP contribution in [-0.2, 0) is 0 Å². The molecule has 0 aliphatic carbocycles. The Morgan fingerprint density at radius 3 is 2.55 bits per heavy atom. The fraction of sp³-hybridized carbons (Fsp3) is 0.800. The molecule has 0 N–H and O–H groups in total. The van der Waals surface area contributed by atoms with Crippen LogP contribution >= 0.6 is 0 Å². The van der Waals surface area contributed by atoms with Crippen LogP contribution in [0.5, 0.6) is 0 Å². The van der Waals surface area contributed by atoms with E-state index in [-0.39, 0.29) is 0 Å². The molecule has 1 heteroatoms. The second-order valence-electron chi connectivity index (χ2n) is 3.94. The molecule has 1 heterocycles.